The number of benzene rings is 3. The van der Waals surface area contributed by atoms with E-state index >= 15 is 0 Å². The summed E-state index contributed by atoms with van der Waals surface area (Å²) >= 11 is 5.83. The molecule has 3 aromatic carbocycles. The number of hydrogen-bond donors (Lipinski definition) is 1. The number of halogens is 1. The molecule has 0 bridgehead atoms. The van der Waals surface area contributed by atoms with E-state index in [-0.39, 0.29) is 12.5 Å². The Morgan fingerprint density at radius 3 is 1.96 bits per heavy atom. The van der Waals surface area contributed by atoms with Crippen LogP contribution in [-0.2, 0) is 4.79 Å². The number of nitrogens with one attached hydrogen (secondary N) is 1. The number of hydrazone groups is 1. The predicted octanol–water partition coefficient (Wildman–Crippen LogP) is 4.27. The highest BCUT2D eigenvalue weighted by Crippen LogP contribution is 2.36. The van der Waals surface area contributed by atoms with Crippen LogP contribution in [0, 0.1) is 0 Å². The van der Waals surface area contributed by atoms with E-state index in [0.717, 1.165) is 28.0 Å². The molecule has 0 saturated heterocycles. The Morgan fingerprint density at radius 1 is 0.846 bits per heavy atom. The Hall–Kier alpha value is -3.11. The van der Waals surface area contributed by atoms with Crippen LogP contribution < -0.4 is 10.2 Å². The second-order valence-electron chi connectivity index (χ2n) is 5.83. The number of ether oxygens (including phenoxy) is 1. The lowest BCUT2D eigenvalue weighted by Gasteiger charge is -2.06. The summed E-state index contributed by atoms with van der Waals surface area (Å²) in [6.07, 6.45) is 0. The molecule has 0 aromatic heterocycles. The molecule has 0 spiro atoms. The zero-order chi connectivity index (χ0) is 17.9. The Kier molecular flexibility index (Phi) is 4.42. The van der Waals surface area contributed by atoms with Crippen molar-refractivity contribution in [1.29, 1.82) is 0 Å². The van der Waals surface area contributed by atoms with Crippen molar-refractivity contribution in [3.8, 4) is 16.9 Å². The molecule has 26 heavy (non-hydrogen) atoms. The summed E-state index contributed by atoms with van der Waals surface area (Å²) < 4.78 is 5.44. The fourth-order valence-corrected chi connectivity index (χ4v) is 3.07. The lowest BCUT2D eigenvalue weighted by molar-refractivity contribution is -0.123. The van der Waals surface area contributed by atoms with Gasteiger partial charge in [-0.05, 0) is 35.4 Å². The monoisotopic (exact) mass is 362 g/mol. The van der Waals surface area contributed by atoms with Crippen molar-refractivity contribution >= 4 is 23.2 Å². The van der Waals surface area contributed by atoms with E-state index in [1.165, 1.54) is 0 Å². The summed E-state index contributed by atoms with van der Waals surface area (Å²) in [5, 5.41) is 4.97. The van der Waals surface area contributed by atoms with Gasteiger partial charge in [-0.15, -0.1) is 0 Å². The smallest absolute Gasteiger partial charge is 0.277 e. The number of fused-ring (bicyclic) bond motifs is 3. The normalized spacial score (nSPS) is 11.5. The number of carbonyl (C=O) groups is 1. The molecule has 1 aliphatic rings. The average molecular weight is 363 g/mol. The predicted molar refractivity (Wildman–Crippen MR) is 103 cm³/mol. The average Bonchev–Trinajstić information content (AvgIpc) is 3.00. The summed E-state index contributed by atoms with van der Waals surface area (Å²) in [4.78, 5) is 12.1. The summed E-state index contributed by atoms with van der Waals surface area (Å²) in [5.74, 6) is 0.253. The first-order chi connectivity index (χ1) is 12.7. The molecule has 4 rings (SSSR count). The summed E-state index contributed by atoms with van der Waals surface area (Å²) in [6, 6.07) is 22.9. The summed E-state index contributed by atoms with van der Waals surface area (Å²) in [6.45, 7) is -0.123. The van der Waals surface area contributed by atoms with Crippen LogP contribution in [0.5, 0.6) is 5.75 Å². The maximum atomic E-state index is 12.1. The lowest BCUT2D eigenvalue weighted by atomic mass is 10.1. The van der Waals surface area contributed by atoms with Crippen molar-refractivity contribution in [2.45, 2.75) is 0 Å². The zero-order valence-corrected chi connectivity index (χ0v) is 14.5. The van der Waals surface area contributed by atoms with Crippen LogP contribution in [0.4, 0.5) is 0 Å². The van der Waals surface area contributed by atoms with Crippen LogP contribution >= 0.6 is 11.6 Å². The van der Waals surface area contributed by atoms with Gasteiger partial charge in [0.25, 0.3) is 5.91 Å². The van der Waals surface area contributed by atoms with Crippen LogP contribution in [0.15, 0.2) is 77.9 Å². The molecule has 0 atom stereocenters. The van der Waals surface area contributed by atoms with Gasteiger partial charge in [-0.1, -0.05) is 60.1 Å². The maximum Gasteiger partial charge on any atom is 0.277 e. The van der Waals surface area contributed by atoms with Gasteiger partial charge in [0.2, 0.25) is 0 Å². The number of nitrogens with zero attached hydrogens (tertiary/aromatic N) is 1. The number of hydrogen-bond acceptors (Lipinski definition) is 3. The molecule has 4 nitrogen and oxygen atoms in total. The van der Waals surface area contributed by atoms with Crippen LogP contribution in [0.2, 0.25) is 5.02 Å². The van der Waals surface area contributed by atoms with Gasteiger partial charge in [0, 0.05) is 16.1 Å². The number of amides is 1. The fraction of sp³-hybridized carbons (Fsp3) is 0.0476. The third kappa shape index (κ3) is 3.19. The second kappa shape index (κ2) is 7.02. The van der Waals surface area contributed by atoms with E-state index in [2.05, 4.69) is 22.7 Å². The summed E-state index contributed by atoms with van der Waals surface area (Å²) in [7, 11) is 0. The third-order valence-electron chi connectivity index (χ3n) is 4.13. The van der Waals surface area contributed by atoms with Gasteiger partial charge >= 0.3 is 0 Å². The first-order valence-electron chi connectivity index (χ1n) is 8.16. The first-order valence-corrected chi connectivity index (χ1v) is 8.54. The van der Waals surface area contributed by atoms with Crippen molar-refractivity contribution in [3.05, 3.63) is 88.9 Å². The van der Waals surface area contributed by atoms with Crippen LogP contribution in [-0.4, -0.2) is 18.2 Å². The lowest BCUT2D eigenvalue weighted by Crippen LogP contribution is -2.26. The molecule has 1 amide bonds. The largest absolute Gasteiger partial charge is 0.484 e. The summed E-state index contributed by atoms with van der Waals surface area (Å²) in [5.41, 5.74) is 7.60. The fourth-order valence-electron chi connectivity index (χ4n) is 2.94. The quantitative estimate of drug-likeness (QED) is 0.551. The van der Waals surface area contributed by atoms with Gasteiger partial charge in [0.05, 0.1) is 5.71 Å². The SMILES string of the molecule is O=C(COc1ccc(Cl)cc1)NN=C1c2ccccc2-c2ccccc21. The van der Waals surface area contributed by atoms with Gasteiger partial charge in [-0.2, -0.15) is 5.10 Å². The molecule has 0 aliphatic heterocycles. The molecule has 0 unspecified atom stereocenters. The standard InChI is InChI=1S/C21H15ClN2O2/c22-14-9-11-15(12-10-14)26-13-20(25)23-24-21-18-7-3-1-5-16(18)17-6-2-4-8-19(17)21/h1-12H,13H2,(H,23,25). The van der Waals surface area contributed by atoms with Gasteiger partial charge in [-0.3, -0.25) is 4.79 Å². The highest BCUT2D eigenvalue weighted by Gasteiger charge is 2.24. The van der Waals surface area contributed by atoms with E-state index in [0.29, 0.717) is 10.8 Å². The van der Waals surface area contributed by atoms with Crippen LogP contribution in [0.1, 0.15) is 11.1 Å². The van der Waals surface area contributed by atoms with Crippen molar-refractivity contribution in [3.63, 3.8) is 0 Å². The Balaban J connectivity index is 1.50. The van der Waals surface area contributed by atoms with Crippen molar-refractivity contribution in [2.75, 3.05) is 6.61 Å². The van der Waals surface area contributed by atoms with Crippen molar-refractivity contribution in [1.82, 2.24) is 5.43 Å². The highest BCUT2D eigenvalue weighted by atomic mass is 35.5. The van der Waals surface area contributed by atoms with Gasteiger partial charge < -0.3 is 4.74 Å². The maximum absolute atomic E-state index is 12.1. The molecule has 0 radical (unpaired) electrons. The van der Waals surface area contributed by atoms with Gasteiger partial charge in [0.1, 0.15) is 5.75 Å². The Bertz CT molecular complexity index is 949. The van der Waals surface area contributed by atoms with Crippen LogP contribution in [0.25, 0.3) is 11.1 Å². The number of carbonyl (C=O) groups excluding carboxylic acids is 1. The van der Waals surface area contributed by atoms with E-state index < -0.39 is 0 Å². The molecule has 1 N–H and O–H groups in total. The first kappa shape index (κ1) is 16.4. The van der Waals surface area contributed by atoms with Gasteiger partial charge in [0.15, 0.2) is 6.61 Å². The Labute approximate surface area is 156 Å². The van der Waals surface area contributed by atoms with Crippen LogP contribution in [0.3, 0.4) is 0 Å². The second-order valence-corrected chi connectivity index (χ2v) is 6.27. The minimum absolute atomic E-state index is 0.123. The highest BCUT2D eigenvalue weighted by molar-refractivity contribution is 6.30. The number of rotatable bonds is 4. The van der Waals surface area contributed by atoms with E-state index in [4.69, 9.17) is 16.3 Å². The molecular formula is C21H15ClN2O2. The van der Waals surface area contributed by atoms with Crippen molar-refractivity contribution in [2.24, 2.45) is 5.10 Å². The molecule has 3 aromatic rings. The van der Waals surface area contributed by atoms with Gasteiger partial charge in [-0.25, -0.2) is 5.43 Å². The van der Waals surface area contributed by atoms with E-state index in [1.807, 2.05) is 36.4 Å². The molecule has 0 fully saturated rings. The molecule has 5 heteroatoms. The Morgan fingerprint density at radius 2 is 1.38 bits per heavy atom. The van der Waals surface area contributed by atoms with Crippen molar-refractivity contribution < 1.29 is 9.53 Å². The molecular weight excluding hydrogens is 348 g/mol. The third-order valence-corrected chi connectivity index (χ3v) is 4.38. The molecule has 128 valence electrons. The van der Waals surface area contributed by atoms with E-state index in [1.54, 1.807) is 24.3 Å². The molecule has 1 aliphatic carbocycles. The molecule has 0 heterocycles. The van der Waals surface area contributed by atoms with E-state index in [9.17, 15) is 4.79 Å². The minimum Gasteiger partial charge on any atom is -0.484 e. The zero-order valence-electron chi connectivity index (χ0n) is 13.8. The minimum atomic E-state index is -0.325. The topological polar surface area (TPSA) is 50.7 Å². The molecule has 0 saturated carbocycles.